The molecule has 1 atom stereocenters. The van der Waals surface area contributed by atoms with Gasteiger partial charge in [-0.05, 0) is 37.4 Å². The summed E-state index contributed by atoms with van der Waals surface area (Å²) in [5.41, 5.74) is 5.97. The van der Waals surface area contributed by atoms with Crippen LogP contribution in [0, 0.1) is 16.0 Å². The summed E-state index contributed by atoms with van der Waals surface area (Å²) in [6, 6.07) is 4.08. The van der Waals surface area contributed by atoms with Gasteiger partial charge in [0.2, 0.25) is 10.0 Å². The molecule has 9 heteroatoms. The first-order valence-electron chi connectivity index (χ1n) is 7.43. The number of nitro groups is 1. The lowest BCUT2D eigenvalue weighted by atomic mass is 9.97. The topological polar surface area (TPSA) is 110 Å². The third-order valence-electron chi connectivity index (χ3n) is 4.12. The minimum absolute atomic E-state index is 0.0784. The average Bonchev–Trinajstić information content (AvgIpc) is 2.54. The lowest BCUT2D eigenvalue weighted by Crippen LogP contribution is -2.38. The molecule has 1 aromatic rings. The van der Waals surface area contributed by atoms with E-state index in [4.69, 9.17) is 5.73 Å². The molecule has 1 unspecified atom stereocenters. The van der Waals surface area contributed by atoms with Gasteiger partial charge >= 0.3 is 0 Å². The SMILES string of the molecule is CN(C)S(=O)(=O)c1ccc(N2CCCC(CN)C2)c([N+](=O)[O-])c1. The Morgan fingerprint density at radius 2 is 2.13 bits per heavy atom. The Kier molecular flexibility index (Phi) is 5.23. The zero-order valence-electron chi connectivity index (χ0n) is 13.3. The first-order chi connectivity index (χ1) is 10.8. The average molecular weight is 342 g/mol. The van der Waals surface area contributed by atoms with E-state index in [-0.39, 0.29) is 10.6 Å². The van der Waals surface area contributed by atoms with Crippen LogP contribution in [-0.4, -0.2) is 51.4 Å². The number of sulfonamides is 1. The van der Waals surface area contributed by atoms with Crippen LogP contribution in [0.25, 0.3) is 0 Å². The second-order valence-corrected chi connectivity index (χ2v) is 8.04. The summed E-state index contributed by atoms with van der Waals surface area (Å²) in [7, 11) is -0.917. The normalized spacial score (nSPS) is 19.1. The van der Waals surface area contributed by atoms with Gasteiger partial charge in [0.1, 0.15) is 5.69 Å². The molecule has 8 nitrogen and oxygen atoms in total. The molecule has 1 fully saturated rings. The fourth-order valence-electron chi connectivity index (χ4n) is 2.76. The number of hydrogen-bond donors (Lipinski definition) is 1. The van der Waals surface area contributed by atoms with Gasteiger partial charge in [-0.3, -0.25) is 10.1 Å². The molecule has 0 radical (unpaired) electrons. The highest BCUT2D eigenvalue weighted by molar-refractivity contribution is 7.89. The van der Waals surface area contributed by atoms with Gasteiger partial charge in [-0.2, -0.15) is 0 Å². The molecular weight excluding hydrogens is 320 g/mol. The summed E-state index contributed by atoms with van der Waals surface area (Å²) >= 11 is 0. The Labute approximate surface area is 136 Å². The number of hydrogen-bond acceptors (Lipinski definition) is 6. The molecule has 1 aliphatic heterocycles. The van der Waals surface area contributed by atoms with Crippen molar-refractivity contribution in [2.45, 2.75) is 17.7 Å². The lowest BCUT2D eigenvalue weighted by Gasteiger charge is -2.33. The van der Waals surface area contributed by atoms with Crippen LogP contribution < -0.4 is 10.6 Å². The monoisotopic (exact) mass is 342 g/mol. The van der Waals surface area contributed by atoms with Crippen molar-refractivity contribution < 1.29 is 13.3 Å². The molecule has 1 aromatic carbocycles. The molecule has 0 aliphatic carbocycles. The molecule has 0 saturated carbocycles. The quantitative estimate of drug-likeness (QED) is 0.632. The van der Waals surface area contributed by atoms with Crippen molar-refractivity contribution in [3.8, 4) is 0 Å². The molecule has 0 bridgehead atoms. The molecule has 0 spiro atoms. The Hall–Kier alpha value is -1.71. The Morgan fingerprint density at radius 3 is 2.70 bits per heavy atom. The highest BCUT2D eigenvalue weighted by Crippen LogP contribution is 2.33. The summed E-state index contributed by atoms with van der Waals surface area (Å²) in [4.78, 5) is 12.7. The minimum Gasteiger partial charge on any atom is -0.366 e. The standard InChI is InChI=1S/C14H22N4O4S/c1-16(2)23(21,22)12-5-6-13(14(8-12)18(19)20)17-7-3-4-11(9-15)10-17/h5-6,8,11H,3-4,7,9-10,15H2,1-2H3. The maximum Gasteiger partial charge on any atom is 0.293 e. The van der Waals surface area contributed by atoms with Gasteiger partial charge in [0.25, 0.3) is 5.69 Å². The maximum atomic E-state index is 12.2. The first kappa shape index (κ1) is 17.6. The number of nitrogens with two attached hydrogens (primary N) is 1. The summed E-state index contributed by atoms with van der Waals surface area (Å²) < 4.78 is 25.4. The van der Waals surface area contributed by atoms with E-state index in [2.05, 4.69) is 0 Å². The minimum atomic E-state index is -3.71. The lowest BCUT2D eigenvalue weighted by molar-refractivity contribution is -0.384. The van der Waals surface area contributed by atoms with Gasteiger partial charge in [0, 0.05) is 33.3 Å². The first-order valence-corrected chi connectivity index (χ1v) is 8.87. The van der Waals surface area contributed by atoms with Gasteiger partial charge in [0.05, 0.1) is 9.82 Å². The van der Waals surface area contributed by atoms with Crippen LogP contribution in [0.1, 0.15) is 12.8 Å². The fraction of sp³-hybridized carbons (Fsp3) is 0.571. The number of benzene rings is 1. The number of piperidine rings is 1. The van der Waals surface area contributed by atoms with Crippen LogP contribution in [0.5, 0.6) is 0 Å². The second kappa shape index (κ2) is 6.81. The van der Waals surface area contributed by atoms with Gasteiger partial charge in [-0.1, -0.05) is 0 Å². The molecule has 1 heterocycles. The Morgan fingerprint density at radius 1 is 1.43 bits per heavy atom. The van der Waals surface area contributed by atoms with Crippen LogP contribution in [0.2, 0.25) is 0 Å². The summed E-state index contributed by atoms with van der Waals surface area (Å²) in [6.07, 6.45) is 1.92. The van der Waals surface area contributed by atoms with Crippen LogP contribution in [0.4, 0.5) is 11.4 Å². The van der Waals surface area contributed by atoms with Crippen LogP contribution in [-0.2, 0) is 10.0 Å². The number of nitro benzene ring substituents is 1. The van der Waals surface area contributed by atoms with E-state index in [1.165, 1.54) is 26.2 Å². The van der Waals surface area contributed by atoms with E-state index in [1.807, 2.05) is 4.90 Å². The molecule has 23 heavy (non-hydrogen) atoms. The largest absolute Gasteiger partial charge is 0.366 e. The highest BCUT2D eigenvalue weighted by Gasteiger charge is 2.28. The molecule has 0 amide bonds. The molecule has 2 rings (SSSR count). The third-order valence-corrected chi connectivity index (χ3v) is 5.93. The van der Waals surface area contributed by atoms with Gasteiger partial charge in [-0.25, -0.2) is 12.7 Å². The third kappa shape index (κ3) is 3.62. The van der Waals surface area contributed by atoms with Gasteiger partial charge < -0.3 is 10.6 Å². The maximum absolute atomic E-state index is 12.2. The van der Waals surface area contributed by atoms with Crippen molar-refractivity contribution in [1.82, 2.24) is 4.31 Å². The van der Waals surface area contributed by atoms with Crippen LogP contribution >= 0.6 is 0 Å². The predicted octanol–water partition coefficient (Wildman–Crippen LogP) is 1.02. The van der Waals surface area contributed by atoms with E-state index in [1.54, 1.807) is 0 Å². The fourth-order valence-corrected chi connectivity index (χ4v) is 3.69. The van der Waals surface area contributed by atoms with E-state index >= 15 is 0 Å². The predicted molar refractivity (Wildman–Crippen MR) is 88.0 cm³/mol. The summed E-state index contributed by atoms with van der Waals surface area (Å²) in [6.45, 7) is 1.89. The van der Waals surface area contributed by atoms with Crippen LogP contribution in [0.15, 0.2) is 23.1 Å². The van der Waals surface area contributed by atoms with Crippen LogP contribution in [0.3, 0.4) is 0 Å². The van der Waals surface area contributed by atoms with E-state index < -0.39 is 14.9 Å². The van der Waals surface area contributed by atoms with Crippen molar-refractivity contribution in [2.75, 3.05) is 38.6 Å². The van der Waals surface area contributed by atoms with Crippen molar-refractivity contribution in [1.29, 1.82) is 0 Å². The number of anilines is 1. The van der Waals surface area contributed by atoms with E-state index in [9.17, 15) is 18.5 Å². The Bertz CT molecular complexity index is 690. The van der Waals surface area contributed by atoms with Crippen molar-refractivity contribution in [3.05, 3.63) is 28.3 Å². The zero-order valence-corrected chi connectivity index (χ0v) is 14.1. The zero-order chi connectivity index (χ0) is 17.2. The van der Waals surface area contributed by atoms with E-state index in [0.29, 0.717) is 31.2 Å². The molecule has 1 aliphatic rings. The number of nitrogens with zero attached hydrogens (tertiary/aromatic N) is 3. The molecule has 0 aromatic heterocycles. The Balaban J connectivity index is 2.44. The van der Waals surface area contributed by atoms with Crippen molar-refractivity contribution >= 4 is 21.4 Å². The van der Waals surface area contributed by atoms with Gasteiger partial charge in [0.15, 0.2) is 0 Å². The molecule has 2 N–H and O–H groups in total. The summed E-state index contributed by atoms with van der Waals surface area (Å²) in [5.74, 6) is 0.300. The molecular formula is C14H22N4O4S. The van der Waals surface area contributed by atoms with Gasteiger partial charge in [-0.15, -0.1) is 0 Å². The number of rotatable bonds is 5. The second-order valence-electron chi connectivity index (χ2n) is 5.89. The smallest absolute Gasteiger partial charge is 0.293 e. The molecule has 128 valence electrons. The summed E-state index contributed by atoms with van der Waals surface area (Å²) in [5, 5.41) is 11.4. The van der Waals surface area contributed by atoms with Crippen molar-refractivity contribution in [2.24, 2.45) is 11.7 Å². The van der Waals surface area contributed by atoms with E-state index in [0.717, 1.165) is 23.2 Å². The van der Waals surface area contributed by atoms with Crippen molar-refractivity contribution in [3.63, 3.8) is 0 Å². The highest BCUT2D eigenvalue weighted by atomic mass is 32.2. The molecule has 1 saturated heterocycles.